The first-order valence-corrected chi connectivity index (χ1v) is 5.28. The summed E-state index contributed by atoms with van der Waals surface area (Å²) in [5.74, 6) is 0.603. The van der Waals surface area contributed by atoms with Crippen molar-refractivity contribution >= 4 is 17.9 Å². The fraction of sp³-hybridized carbons (Fsp3) is 0.0833. The van der Waals surface area contributed by atoms with Gasteiger partial charge in [0.2, 0.25) is 0 Å². The Kier molecular flexibility index (Phi) is 3.35. The highest BCUT2D eigenvalue weighted by Crippen LogP contribution is 2.23. The van der Waals surface area contributed by atoms with Gasteiger partial charge in [-0.25, -0.2) is 9.97 Å². The second kappa shape index (κ2) is 4.93. The largest absolute Gasteiger partial charge is 0.424 e. The van der Waals surface area contributed by atoms with E-state index < -0.39 is 0 Å². The summed E-state index contributed by atoms with van der Waals surface area (Å²) >= 11 is 5.90. The lowest BCUT2D eigenvalue weighted by Crippen LogP contribution is -1.93. The van der Waals surface area contributed by atoms with Crippen LogP contribution >= 0.6 is 11.6 Å². The van der Waals surface area contributed by atoms with E-state index in [9.17, 15) is 4.79 Å². The van der Waals surface area contributed by atoms with E-state index in [4.69, 9.17) is 16.3 Å². The van der Waals surface area contributed by atoms with Crippen molar-refractivity contribution in [3.63, 3.8) is 0 Å². The van der Waals surface area contributed by atoms with Crippen molar-refractivity contribution in [3.8, 4) is 11.8 Å². The van der Waals surface area contributed by atoms with Gasteiger partial charge in [-0.3, -0.25) is 4.79 Å². The third-order valence-corrected chi connectivity index (χ3v) is 2.55. The number of carbonyl (C=O) groups excluding carboxylic acids is 1. The Morgan fingerprint density at radius 1 is 1.29 bits per heavy atom. The van der Waals surface area contributed by atoms with E-state index in [0.29, 0.717) is 22.6 Å². The second-order valence-electron chi connectivity index (χ2n) is 3.43. The van der Waals surface area contributed by atoms with Gasteiger partial charge in [-0.1, -0.05) is 11.6 Å². The molecule has 0 spiro atoms. The molecule has 1 aromatic heterocycles. The molecule has 2 rings (SSSR count). The van der Waals surface area contributed by atoms with Crippen LogP contribution in [0.4, 0.5) is 0 Å². The number of ether oxygens (including phenoxy) is 1. The van der Waals surface area contributed by atoms with Crippen LogP contribution in [0.1, 0.15) is 15.9 Å². The maximum atomic E-state index is 10.4. The molecule has 0 saturated heterocycles. The summed E-state index contributed by atoms with van der Waals surface area (Å²) < 4.78 is 5.42. The van der Waals surface area contributed by atoms with Gasteiger partial charge in [0, 0.05) is 17.4 Å². The lowest BCUT2D eigenvalue weighted by atomic mass is 10.2. The molecule has 0 aliphatic rings. The molecule has 0 amide bonds. The molecule has 17 heavy (non-hydrogen) atoms. The Morgan fingerprint density at radius 3 is 2.59 bits per heavy atom. The van der Waals surface area contributed by atoms with Crippen LogP contribution in [0.25, 0.3) is 0 Å². The van der Waals surface area contributed by atoms with Crippen molar-refractivity contribution in [2.24, 2.45) is 0 Å². The smallest absolute Gasteiger partial charge is 0.321 e. The number of aryl methyl sites for hydroxylation is 1. The summed E-state index contributed by atoms with van der Waals surface area (Å²) in [4.78, 5) is 18.2. The SMILES string of the molecule is Cc1cc(Oc2ncc(C=O)cn2)ccc1Cl. The topological polar surface area (TPSA) is 52.1 Å². The van der Waals surface area contributed by atoms with Crippen LogP contribution in [0.3, 0.4) is 0 Å². The zero-order chi connectivity index (χ0) is 12.3. The van der Waals surface area contributed by atoms with E-state index in [2.05, 4.69) is 9.97 Å². The monoisotopic (exact) mass is 248 g/mol. The molecule has 0 aliphatic heterocycles. The van der Waals surface area contributed by atoms with Crippen LogP contribution in [0.5, 0.6) is 11.8 Å². The zero-order valence-corrected chi connectivity index (χ0v) is 9.81. The van der Waals surface area contributed by atoms with Gasteiger partial charge < -0.3 is 4.74 Å². The fourth-order valence-corrected chi connectivity index (χ4v) is 1.34. The van der Waals surface area contributed by atoms with Crippen LogP contribution in [-0.4, -0.2) is 16.3 Å². The standard InChI is InChI=1S/C12H9ClN2O2/c1-8-4-10(2-3-11(8)13)17-12-14-5-9(7-16)6-15-12/h2-7H,1H3. The van der Waals surface area contributed by atoms with Gasteiger partial charge in [0.05, 0.1) is 5.56 Å². The average Bonchev–Trinajstić information content (AvgIpc) is 2.35. The maximum absolute atomic E-state index is 10.4. The van der Waals surface area contributed by atoms with Crippen LogP contribution in [0, 0.1) is 6.92 Å². The highest BCUT2D eigenvalue weighted by Gasteiger charge is 2.02. The molecule has 5 heteroatoms. The lowest BCUT2D eigenvalue weighted by molar-refractivity contribution is 0.112. The first kappa shape index (κ1) is 11.5. The van der Waals surface area contributed by atoms with Crippen molar-refractivity contribution in [2.45, 2.75) is 6.92 Å². The number of carbonyl (C=O) groups is 1. The molecule has 0 aliphatic carbocycles. The van der Waals surface area contributed by atoms with Crippen LogP contribution in [0.15, 0.2) is 30.6 Å². The lowest BCUT2D eigenvalue weighted by Gasteiger charge is -2.05. The maximum Gasteiger partial charge on any atom is 0.321 e. The molecule has 2 aromatic rings. The number of hydrogen-bond donors (Lipinski definition) is 0. The molecule has 0 bridgehead atoms. The van der Waals surface area contributed by atoms with Crippen molar-refractivity contribution < 1.29 is 9.53 Å². The summed E-state index contributed by atoms with van der Waals surface area (Å²) in [6.45, 7) is 1.88. The number of rotatable bonds is 3. The summed E-state index contributed by atoms with van der Waals surface area (Å²) in [6.07, 6.45) is 3.48. The number of halogens is 1. The Morgan fingerprint density at radius 2 is 2.00 bits per heavy atom. The minimum atomic E-state index is 0.192. The van der Waals surface area contributed by atoms with Gasteiger partial charge in [-0.05, 0) is 30.7 Å². The molecule has 1 heterocycles. The minimum absolute atomic E-state index is 0.192. The number of nitrogens with zero attached hydrogens (tertiary/aromatic N) is 2. The molecule has 0 atom stereocenters. The minimum Gasteiger partial charge on any atom is -0.424 e. The first-order chi connectivity index (χ1) is 8.19. The van der Waals surface area contributed by atoms with Gasteiger partial charge in [0.25, 0.3) is 0 Å². The Labute approximate surface area is 103 Å². The average molecular weight is 249 g/mol. The third kappa shape index (κ3) is 2.79. The van der Waals surface area contributed by atoms with Gasteiger partial charge >= 0.3 is 6.01 Å². The normalized spacial score (nSPS) is 10.0. The first-order valence-electron chi connectivity index (χ1n) is 4.90. The summed E-state index contributed by atoms with van der Waals surface area (Å²) in [6, 6.07) is 5.45. The van der Waals surface area contributed by atoms with Crippen LogP contribution < -0.4 is 4.74 Å². The summed E-state index contributed by atoms with van der Waals surface area (Å²) in [5.41, 5.74) is 1.32. The second-order valence-corrected chi connectivity index (χ2v) is 3.84. The van der Waals surface area contributed by atoms with E-state index in [0.717, 1.165) is 5.56 Å². The van der Waals surface area contributed by atoms with Crippen LogP contribution in [-0.2, 0) is 0 Å². The molecule has 4 nitrogen and oxygen atoms in total. The number of benzene rings is 1. The molecule has 0 saturated carbocycles. The molecular formula is C12H9ClN2O2. The van der Waals surface area contributed by atoms with E-state index in [1.807, 2.05) is 6.92 Å². The Bertz CT molecular complexity index is 541. The Hall–Kier alpha value is -1.94. The number of hydrogen-bond acceptors (Lipinski definition) is 4. The molecule has 0 unspecified atom stereocenters. The molecule has 0 radical (unpaired) electrons. The van der Waals surface area contributed by atoms with Crippen molar-refractivity contribution in [1.29, 1.82) is 0 Å². The van der Waals surface area contributed by atoms with Crippen molar-refractivity contribution in [1.82, 2.24) is 9.97 Å². The molecule has 0 fully saturated rings. The summed E-state index contributed by atoms with van der Waals surface area (Å²) in [5, 5.41) is 0.676. The fourth-order valence-electron chi connectivity index (χ4n) is 1.23. The molecule has 1 aromatic carbocycles. The van der Waals surface area contributed by atoms with Gasteiger partial charge in [-0.2, -0.15) is 0 Å². The number of aromatic nitrogens is 2. The predicted molar refractivity (Wildman–Crippen MR) is 63.7 cm³/mol. The van der Waals surface area contributed by atoms with E-state index >= 15 is 0 Å². The molecule has 0 N–H and O–H groups in total. The quantitative estimate of drug-likeness (QED) is 0.784. The highest BCUT2D eigenvalue weighted by molar-refractivity contribution is 6.31. The van der Waals surface area contributed by atoms with Gasteiger partial charge in [0.15, 0.2) is 6.29 Å². The van der Waals surface area contributed by atoms with Crippen LogP contribution in [0.2, 0.25) is 5.02 Å². The van der Waals surface area contributed by atoms with E-state index in [1.54, 1.807) is 18.2 Å². The number of aldehydes is 1. The van der Waals surface area contributed by atoms with Gasteiger partial charge in [-0.15, -0.1) is 0 Å². The zero-order valence-electron chi connectivity index (χ0n) is 9.05. The van der Waals surface area contributed by atoms with E-state index in [1.165, 1.54) is 12.4 Å². The predicted octanol–water partition coefficient (Wildman–Crippen LogP) is 3.04. The van der Waals surface area contributed by atoms with Crippen molar-refractivity contribution in [3.05, 3.63) is 46.7 Å². The van der Waals surface area contributed by atoms with E-state index in [-0.39, 0.29) is 6.01 Å². The highest BCUT2D eigenvalue weighted by atomic mass is 35.5. The van der Waals surface area contributed by atoms with Gasteiger partial charge in [0.1, 0.15) is 5.75 Å². The third-order valence-electron chi connectivity index (χ3n) is 2.12. The molecule has 86 valence electrons. The summed E-state index contributed by atoms with van der Waals surface area (Å²) in [7, 11) is 0. The Balaban J connectivity index is 2.19. The van der Waals surface area contributed by atoms with Crippen molar-refractivity contribution in [2.75, 3.05) is 0 Å². The molecular weight excluding hydrogens is 240 g/mol.